The van der Waals surface area contributed by atoms with E-state index in [4.69, 9.17) is 29.2 Å². The Balaban J connectivity index is 0.000000858. The Morgan fingerprint density at radius 2 is 1.77 bits per heavy atom. The Bertz CT molecular complexity index is 1250. The van der Waals surface area contributed by atoms with Crippen molar-refractivity contribution in [2.24, 2.45) is 0 Å². The van der Waals surface area contributed by atoms with Crippen molar-refractivity contribution in [2.45, 2.75) is 13.8 Å². The van der Waals surface area contributed by atoms with Crippen LogP contribution in [-0.2, 0) is 11.6 Å². The van der Waals surface area contributed by atoms with Crippen LogP contribution >= 0.6 is 11.6 Å². The van der Waals surface area contributed by atoms with E-state index >= 15 is 0 Å². The third kappa shape index (κ3) is 5.78. The van der Waals surface area contributed by atoms with Gasteiger partial charge < -0.3 is 14.5 Å². The molecular formula is C22H17ClN2O5S. The standard InChI is InChI=1S/C22H17ClN2O3.O2S/c1-13-3-6-17(7-4-13)28-20-11-15(10-19-18(20)9-14(2)27-19)22(26)25-21-8-5-16(23)12-24-21;1-3-2/h3-12H,1-2H3,(H,24,25,26);. The van der Waals surface area contributed by atoms with E-state index in [0.717, 1.165) is 16.7 Å². The molecular weight excluding hydrogens is 440 g/mol. The molecule has 31 heavy (non-hydrogen) atoms. The van der Waals surface area contributed by atoms with Crippen LogP contribution in [0.4, 0.5) is 5.82 Å². The second kappa shape index (κ2) is 10.0. The topological polar surface area (TPSA) is 98.5 Å². The number of hydrogen-bond donors (Lipinski definition) is 1. The molecule has 2 heterocycles. The zero-order valence-electron chi connectivity index (χ0n) is 16.5. The number of nitrogens with zero attached hydrogens (tertiary/aromatic N) is 1. The Morgan fingerprint density at radius 1 is 1.06 bits per heavy atom. The van der Waals surface area contributed by atoms with Crippen LogP contribution in [0.5, 0.6) is 11.5 Å². The van der Waals surface area contributed by atoms with Gasteiger partial charge in [0.1, 0.15) is 28.7 Å². The van der Waals surface area contributed by atoms with Gasteiger partial charge in [0.05, 0.1) is 10.4 Å². The summed E-state index contributed by atoms with van der Waals surface area (Å²) in [5.74, 6) is 2.06. The van der Waals surface area contributed by atoms with E-state index < -0.39 is 11.6 Å². The summed E-state index contributed by atoms with van der Waals surface area (Å²) in [6.45, 7) is 3.87. The first kappa shape index (κ1) is 22.2. The molecule has 0 saturated heterocycles. The molecule has 0 aliphatic rings. The number of carbonyl (C=O) groups excluding carboxylic acids is 1. The molecule has 7 nitrogen and oxygen atoms in total. The van der Waals surface area contributed by atoms with E-state index in [1.165, 1.54) is 6.20 Å². The molecule has 0 aliphatic carbocycles. The van der Waals surface area contributed by atoms with Crippen LogP contribution < -0.4 is 10.1 Å². The molecule has 0 unspecified atom stereocenters. The van der Waals surface area contributed by atoms with Crippen LogP contribution in [-0.4, -0.2) is 19.3 Å². The third-order valence-corrected chi connectivity index (χ3v) is 4.43. The minimum absolute atomic E-state index is 0.320. The number of hydrogen-bond acceptors (Lipinski definition) is 6. The van der Waals surface area contributed by atoms with Crippen LogP contribution in [0.25, 0.3) is 11.0 Å². The highest BCUT2D eigenvalue weighted by atomic mass is 35.5. The number of ether oxygens (including phenoxy) is 1. The molecule has 0 saturated carbocycles. The minimum Gasteiger partial charge on any atom is -0.461 e. The van der Waals surface area contributed by atoms with Gasteiger partial charge in [-0.1, -0.05) is 29.3 Å². The first-order valence-electron chi connectivity index (χ1n) is 9.03. The number of rotatable bonds is 4. The van der Waals surface area contributed by atoms with Crippen LogP contribution in [0.2, 0.25) is 5.02 Å². The first-order chi connectivity index (χ1) is 14.9. The second-order valence-electron chi connectivity index (χ2n) is 6.54. The molecule has 0 fully saturated rings. The maximum absolute atomic E-state index is 12.7. The van der Waals surface area contributed by atoms with Crippen molar-refractivity contribution in [3.63, 3.8) is 0 Å². The van der Waals surface area contributed by atoms with Crippen molar-refractivity contribution in [1.82, 2.24) is 4.98 Å². The summed E-state index contributed by atoms with van der Waals surface area (Å²) in [5.41, 5.74) is 2.12. The lowest BCUT2D eigenvalue weighted by Gasteiger charge is -2.10. The van der Waals surface area contributed by atoms with E-state index in [9.17, 15) is 4.79 Å². The number of amides is 1. The van der Waals surface area contributed by atoms with Gasteiger partial charge in [0.15, 0.2) is 0 Å². The molecule has 9 heteroatoms. The first-order valence-corrected chi connectivity index (χ1v) is 10.1. The predicted molar refractivity (Wildman–Crippen MR) is 118 cm³/mol. The molecule has 0 spiro atoms. The van der Waals surface area contributed by atoms with E-state index in [-0.39, 0.29) is 5.91 Å². The fourth-order valence-electron chi connectivity index (χ4n) is 2.82. The maximum atomic E-state index is 12.7. The Morgan fingerprint density at radius 3 is 2.42 bits per heavy atom. The lowest BCUT2D eigenvalue weighted by molar-refractivity contribution is 0.102. The van der Waals surface area contributed by atoms with Crippen LogP contribution in [0.1, 0.15) is 21.7 Å². The molecule has 0 atom stereocenters. The van der Waals surface area contributed by atoms with E-state index in [2.05, 4.69) is 10.3 Å². The van der Waals surface area contributed by atoms with E-state index in [1.807, 2.05) is 44.2 Å². The lowest BCUT2D eigenvalue weighted by Crippen LogP contribution is -2.12. The average molecular weight is 457 g/mol. The van der Waals surface area contributed by atoms with Crippen molar-refractivity contribution >= 4 is 45.9 Å². The van der Waals surface area contributed by atoms with Gasteiger partial charge in [0.2, 0.25) is 0 Å². The van der Waals surface area contributed by atoms with Gasteiger partial charge in [-0.2, -0.15) is 8.42 Å². The highest BCUT2D eigenvalue weighted by Gasteiger charge is 2.15. The average Bonchev–Trinajstić information content (AvgIpc) is 3.12. The molecule has 158 valence electrons. The van der Waals surface area contributed by atoms with Crippen LogP contribution in [0.3, 0.4) is 0 Å². The van der Waals surface area contributed by atoms with Gasteiger partial charge in [0, 0.05) is 11.8 Å². The number of nitrogens with one attached hydrogen (secondary N) is 1. The van der Waals surface area contributed by atoms with Gasteiger partial charge in [-0.15, -0.1) is 0 Å². The highest BCUT2D eigenvalue weighted by molar-refractivity contribution is 7.51. The van der Waals surface area contributed by atoms with E-state index in [1.54, 1.807) is 24.3 Å². The molecule has 0 bridgehead atoms. The van der Waals surface area contributed by atoms with Crippen molar-refractivity contribution < 1.29 is 22.4 Å². The normalized spacial score (nSPS) is 10.2. The number of fused-ring (bicyclic) bond motifs is 1. The summed E-state index contributed by atoms with van der Waals surface area (Å²) in [4.78, 5) is 16.8. The molecule has 1 amide bonds. The monoisotopic (exact) mass is 456 g/mol. The summed E-state index contributed by atoms with van der Waals surface area (Å²) in [6.07, 6.45) is 1.47. The van der Waals surface area contributed by atoms with Crippen LogP contribution in [0.15, 0.2) is 65.2 Å². The van der Waals surface area contributed by atoms with Gasteiger partial charge in [-0.25, -0.2) is 4.98 Å². The smallest absolute Gasteiger partial charge is 0.335 e. The maximum Gasteiger partial charge on any atom is 0.335 e. The summed E-state index contributed by atoms with van der Waals surface area (Å²) >= 11 is 5.09. The van der Waals surface area contributed by atoms with Crippen LogP contribution in [0, 0.1) is 13.8 Å². The number of furan rings is 1. The SMILES string of the molecule is Cc1ccc(Oc2cc(C(=O)Nc3ccc(Cl)cn3)cc3oc(C)cc23)cc1.O=S=O. The number of benzene rings is 2. The van der Waals surface area contributed by atoms with Gasteiger partial charge in [0.25, 0.3) is 5.91 Å². The molecule has 2 aromatic heterocycles. The number of aromatic nitrogens is 1. The number of anilines is 1. The van der Waals surface area contributed by atoms with Gasteiger partial charge in [-0.3, -0.25) is 4.79 Å². The van der Waals surface area contributed by atoms with E-state index in [0.29, 0.717) is 33.5 Å². The largest absolute Gasteiger partial charge is 0.461 e. The molecule has 0 aliphatic heterocycles. The Labute approximate surface area is 186 Å². The second-order valence-corrected chi connectivity index (χ2v) is 7.11. The van der Waals surface area contributed by atoms with Crippen molar-refractivity contribution in [3.05, 3.63) is 82.7 Å². The zero-order valence-corrected chi connectivity index (χ0v) is 18.1. The van der Waals surface area contributed by atoms with Gasteiger partial charge in [-0.05, 0) is 56.3 Å². The Kier molecular flexibility index (Phi) is 7.17. The molecule has 4 rings (SSSR count). The molecule has 1 N–H and O–H groups in total. The lowest BCUT2D eigenvalue weighted by atomic mass is 10.1. The zero-order chi connectivity index (χ0) is 22.4. The predicted octanol–water partition coefficient (Wildman–Crippen LogP) is 5.47. The highest BCUT2D eigenvalue weighted by Crippen LogP contribution is 2.34. The van der Waals surface area contributed by atoms with Crippen molar-refractivity contribution in [3.8, 4) is 11.5 Å². The Hall–Kier alpha value is -3.49. The quantitative estimate of drug-likeness (QED) is 0.437. The summed E-state index contributed by atoms with van der Waals surface area (Å²) in [5, 5.41) is 4.05. The summed E-state index contributed by atoms with van der Waals surface area (Å²) in [7, 11) is 0. The molecule has 2 aromatic carbocycles. The summed E-state index contributed by atoms with van der Waals surface area (Å²) in [6, 6.07) is 16.3. The number of aryl methyl sites for hydroxylation is 2. The minimum atomic E-state index is -0.750. The number of carbonyl (C=O) groups is 1. The van der Waals surface area contributed by atoms with Crippen molar-refractivity contribution in [1.29, 1.82) is 0 Å². The molecule has 4 aromatic rings. The molecule has 0 radical (unpaired) electrons. The number of halogens is 1. The van der Waals surface area contributed by atoms with Gasteiger partial charge >= 0.3 is 11.6 Å². The summed E-state index contributed by atoms with van der Waals surface area (Å²) < 4.78 is 28.4. The number of pyridine rings is 1. The fraction of sp³-hybridized carbons (Fsp3) is 0.0909. The third-order valence-electron chi connectivity index (χ3n) is 4.20. The van der Waals surface area contributed by atoms with Crippen molar-refractivity contribution in [2.75, 3.05) is 5.32 Å². The fourth-order valence-corrected chi connectivity index (χ4v) is 2.93.